The third-order valence-corrected chi connectivity index (χ3v) is 4.63. The molecule has 0 fully saturated rings. The second-order valence-corrected chi connectivity index (χ2v) is 6.82. The number of nitrogens with one attached hydrogen (secondary N) is 2. The molecule has 1 atom stereocenters. The molecule has 6 nitrogen and oxygen atoms in total. The number of nitrogens with zero attached hydrogens (tertiary/aromatic N) is 3. The Labute approximate surface area is 151 Å². The molecule has 0 bridgehead atoms. The highest BCUT2D eigenvalue weighted by atomic mass is 16.2. The average molecular weight is 347 g/mol. The number of carbonyl (C=O) groups excluding carboxylic acids is 1. The molecule has 0 aliphatic heterocycles. The number of amides is 1. The van der Waals surface area contributed by atoms with E-state index in [2.05, 4.69) is 34.2 Å². The van der Waals surface area contributed by atoms with Gasteiger partial charge in [0, 0.05) is 12.4 Å². The number of hydrogen-bond acceptors (Lipinski definition) is 3. The Balaban J connectivity index is 1.69. The largest absolute Gasteiger partial charge is 0.340 e. The molecule has 4 rings (SSSR count). The summed E-state index contributed by atoms with van der Waals surface area (Å²) in [5.74, 6) is 0.741. The van der Waals surface area contributed by atoms with Crippen LogP contribution in [-0.2, 0) is 7.05 Å². The first-order valence-corrected chi connectivity index (χ1v) is 8.72. The van der Waals surface area contributed by atoms with Gasteiger partial charge in [-0.25, -0.2) is 4.98 Å². The van der Waals surface area contributed by atoms with Crippen molar-refractivity contribution in [2.75, 3.05) is 0 Å². The van der Waals surface area contributed by atoms with Crippen LogP contribution in [0.25, 0.3) is 21.9 Å². The predicted molar refractivity (Wildman–Crippen MR) is 102 cm³/mol. The molecule has 0 aliphatic carbocycles. The second kappa shape index (κ2) is 6.29. The van der Waals surface area contributed by atoms with Crippen molar-refractivity contribution in [2.24, 2.45) is 13.0 Å². The number of rotatable bonds is 4. The van der Waals surface area contributed by atoms with Crippen molar-refractivity contribution in [1.29, 1.82) is 0 Å². The Morgan fingerprint density at radius 2 is 1.85 bits per heavy atom. The number of imidazole rings is 1. The van der Waals surface area contributed by atoms with Gasteiger partial charge in [0.25, 0.3) is 5.91 Å². The molecule has 1 unspecified atom stereocenters. The van der Waals surface area contributed by atoms with Crippen LogP contribution in [0.4, 0.5) is 0 Å². The smallest absolute Gasteiger partial charge is 0.273 e. The van der Waals surface area contributed by atoms with Crippen LogP contribution in [0, 0.1) is 5.92 Å². The van der Waals surface area contributed by atoms with E-state index in [1.807, 2.05) is 55.6 Å². The minimum absolute atomic E-state index is 0.175. The molecule has 6 heteroatoms. The number of H-pyrrole nitrogens is 1. The third kappa shape index (κ3) is 2.73. The second-order valence-electron chi connectivity index (χ2n) is 6.82. The quantitative estimate of drug-likeness (QED) is 0.592. The Morgan fingerprint density at radius 1 is 1.12 bits per heavy atom. The number of para-hydroxylation sites is 3. The molecule has 0 spiro atoms. The number of benzene rings is 2. The number of carbonyl (C=O) groups is 1. The lowest BCUT2D eigenvalue weighted by molar-refractivity contribution is 0.0919. The first-order valence-electron chi connectivity index (χ1n) is 8.72. The molecule has 132 valence electrons. The van der Waals surface area contributed by atoms with E-state index in [0.717, 1.165) is 27.8 Å². The standard InChI is InChI=1S/C20H21N5O/c1-12(2)17(19-21-14-9-5-6-10-15(14)22-19)23-20(26)18-13-8-4-7-11-16(13)25(3)24-18/h4-12,17H,1-3H3,(H,21,22)(H,23,26). The van der Waals surface area contributed by atoms with Crippen LogP contribution in [0.2, 0.25) is 0 Å². The van der Waals surface area contributed by atoms with Gasteiger partial charge in [0.2, 0.25) is 0 Å². The third-order valence-electron chi connectivity index (χ3n) is 4.63. The van der Waals surface area contributed by atoms with Crippen molar-refractivity contribution >= 4 is 27.8 Å². The lowest BCUT2D eigenvalue weighted by Gasteiger charge is -2.19. The molecule has 0 saturated heterocycles. The van der Waals surface area contributed by atoms with Gasteiger partial charge in [0.05, 0.1) is 22.6 Å². The molecule has 2 aromatic heterocycles. The van der Waals surface area contributed by atoms with Crippen molar-refractivity contribution in [1.82, 2.24) is 25.1 Å². The summed E-state index contributed by atoms with van der Waals surface area (Å²) < 4.78 is 1.73. The van der Waals surface area contributed by atoms with Crippen LogP contribution in [0.5, 0.6) is 0 Å². The van der Waals surface area contributed by atoms with E-state index in [0.29, 0.717) is 5.69 Å². The minimum atomic E-state index is -0.226. The zero-order chi connectivity index (χ0) is 18.3. The van der Waals surface area contributed by atoms with Gasteiger partial charge in [-0.1, -0.05) is 44.2 Å². The summed E-state index contributed by atoms with van der Waals surface area (Å²) in [6, 6.07) is 15.4. The van der Waals surface area contributed by atoms with E-state index in [-0.39, 0.29) is 17.9 Å². The molecule has 1 amide bonds. The van der Waals surface area contributed by atoms with Crippen molar-refractivity contribution in [3.8, 4) is 0 Å². The number of aryl methyl sites for hydroxylation is 1. The van der Waals surface area contributed by atoms with Crippen LogP contribution in [-0.4, -0.2) is 25.7 Å². The lowest BCUT2D eigenvalue weighted by Crippen LogP contribution is -2.33. The van der Waals surface area contributed by atoms with E-state index in [1.54, 1.807) is 4.68 Å². The molecule has 0 saturated carbocycles. The van der Waals surface area contributed by atoms with Crippen LogP contribution < -0.4 is 5.32 Å². The molecule has 2 aromatic carbocycles. The van der Waals surface area contributed by atoms with Gasteiger partial charge in [0.15, 0.2) is 5.69 Å². The maximum atomic E-state index is 12.9. The van der Waals surface area contributed by atoms with Gasteiger partial charge in [-0.3, -0.25) is 9.48 Å². The van der Waals surface area contributed by atoms with Gasteiger partial charge in [0.1, 0.15) is 5.82 Å². The van der Waals surface area contributed by atoms with E-state index >= 15 is 0 Å². The van der Waals surface area contributed by atoms with Crippen molar-refractivity contribution < 1.29 is 4.79 Å². The average Bonchev–Trinajstić information content (AvgIpc) is 3.21. The van der Waals surface area contributed by atoms with Gasteiger partial charge in [-0.15, -0.1) is 0 Å². The summed E-state index contributed by atoms with van der Waals surface area (Å²) >= 11 is 0. The van der Waals surface area contributed by atoms with Gasteiger partial charge in [-0.2, -0.15) is 5.10 Å². The fraction of sp³-hybridized carbons (Fsp3) is 0.250. The molecular formula is C20H21N5O. The fourth-order valence-electron chi connectivity index (χ4n) is 3.26. The van der Waals surface area contributed by atoms with E-state index < -0.39 is 0 Å². The number of fused-ring (bicyclic) bond motifs is 2. The first-order chi connectivity index (χ1) is 12.5. The monoisotopic (exact) mass is 347 g/mol. The number of aromatic nitrogens is 4. The first kappa shape index (κ1) is 16.3. The molecule has 26 heavy (non-hydrogen) atoms. The highest BCUT2D eigenvalue weighted by Crippen LogP contribution is 2.24. The van der Waals surface area contributed by atoms with E-state index in [4.69, 9.17) is 0 Å². The zero-order valence-corrected chi connectivity index (χ0v) is 15.0. The Morgan fingerprint density at radius 3 is 2.62 bits per heavy atom. The molecule has 2 heterocycles. The summed E-state index contributed by atoms with van der Waals surface area (Å²) in [5.41, 5.74) is 3.23. The Bertz CT molecular complexity index is 1060. The molecular weight excluding hydrogens is 326 g/mol. The van der Waals surface area contributed by atoms with Crippen LogP contribution in [0.1, 0.15) is 36.2 Å². The molecule has 0 radical (unpaired) electrons. The number of aromatic amines is 1. The van der Waals surface area contributed by atoms with Crippen molar-refractivity contribution in [2.45, 2.75) is 19.9 Å². The highest BCUT2D eigenvalue weighted by molar-refractivity contribution is 6.05. The predicted octanol–water partition coefficient (Wildman–Crippen LogP) is 3.58. The summed E-state index contributed by atoms with van der Waals surface area (Å²) in [6.45, 7) is 4.13. The van der Waals surface area contributed by atoms with Crippen molar-refractivity contribution in [3.05, 3.63) is 60.0 Å². The Kier molecular flexibility index (Phi) is 3.95. The number of hydrogen-bond donors (Lipinski definition) is 2. The van der Waals surface area contributed by atoms with Gasteiger partial charge < -0.3 is 10.3 Å². The van der Waals surface area contributed by atoms with Crippen molar-refractivity contribution in [3.63, 3.8) is 0 Å². The maximum Gasteiger partial charge on any atom is 0.273 e. The lowest BCUT2D eigenvalue weighted by atomic mass is 10.0. The highest BCUT2D eigenvalue weighted by Gasteiger charge is 2.24. The van der Waals surface area contributed by atoms with Gasteiger partial charge >= 0.3 is 0 Å². The molecule has 4 aromatic rings. The summed E-state index contributed by atoms with van der Waals surface area (Å²) in [6.07, 6.45) is 0. The summed E-state index contributed by atoms with van der Waals surface area (Å²) in [7, 11) is 1.85. The normalized spacial score (nSPS) is 12.8. The summed E-state index contributed by atoms with van der Waals surface area (Å²) in [4.78, 5) is 20.9. The fourth-order valence-corrected chi connectivity index (χ4v) is 3.26. The summed E-state index contributed by atoms with van der Waals surface area (Å²) in [5, 5.41) is 8.37. The zero-order valence-electron chi connectivity index (χ0n) is 15.0. The topological polar surface area (TPSA) is 75.6 Å². The van der Waals surface area contributed by atoms with E-state index in [1.165, 1.54) is 0 Å². The maximum absolute atomic E-state index is 12.9. The van der Waals surface area contributed by atoms with Gasteiger partial charge in [-0.05, 0) is 24.1 Å². The van der Waals surface area contributed by atoms with Crippen LogP contribution in [0.3, 0.4) is 0 Å². The van der Waals surface area contributed by atoms with Crippen LogP contribution in [0.15, 0.2) is 48.5 Å². The SMILES string of the molecule is CC(C)C(NC(=O)c1nn(C)c2ccccc12)c1nc2ccccc2[nH]1. The minimum Gasteiger partial charge on any atom is -0.340 e. The Hall–Kier alpha value is -3.15. The van der Waals surface area contributed by atoms with E-state index in [9.17, 15) is 4.79 Å². The molecule has 0 aliphatic rings. The van der Waals surface area contributed by atoms with Crippen LogP contribution >= 0.6 is 0 Å². The molecule has 2 N–H and O–H groups in total.